The second-order valence-electron chi connectivity index (χ2n) is 5.29. The van der Waals surface area contributed by atoms with E-state index in [9.17, 15) is 4.79 Å². The summed E-state index contributed by atoms with van der Waals surface area (Å²) >= 11 is 6.33. The Morgan fingerprint density at radius 3 is 2.87 bits per heavy atom. The monoisotopic (exact) mass is 326 g/mol. The molecule has 1 aliphatic heterocycles. The summed E-state index contributed by atoms with van der Waals surface area (Å²) in [4.78, 5) is 13.7. The maximum Gasteiger partial charge on any atom is 0.227 e. The van der Waals surface area contributed by atoms with Crippen LogP contribution in [0.1, 0.15) is 12.8 Å². The van der Waals surface area contributed by atoms with E-state index in [4.69, 9.17) is 21.6 Å². The molecule has 116 valence electrons. The highest BCUT2D eigenvalue weighted by Crippen LogP contribution is 2.34. The third kappa shape index (κ3) is 3.30. The van der Waals surface area contributed by atoms with Crippen molar-refractivity contribution >= 4 is 23.2 Å². The Morgan fingerprint density at radius 1 is 1.26 bits per heavy atom. The molecule has 1 saturated heterocycles. The van der Waals surface area contributed by atoms with Crippen LogP contribution in [0.5, 0.6) is 5.75 Å². The number of benzene rings is 2. The molecule has 0 radical (unpaired) electrons. The summed E-state index contributed by atoms with van der Waals surface area (Å²) in [6, 6.07) is 15.0. The van der Waals surface area contributed by atoms with E-state index in [0.717, 1.165) is 29.8 Å². The smallest absolute Gasteiger partial charge is 0.227 e. The Hall–Kier alpha value is -2.51. The zero-order valence-corrected chi connectivity index (χ0v) is 13.2. The molecule has 1 amide bonds. The Balaban J connectivity index is 1.96. The molecule has 5 heteroatoms. The number of nitriles is 1. The van der Waals surface area contributed by atoms with Crippen LogP contribution in [0.2, 0.25) is 5.02 Å². The summed E-state index contributed by atoms with van der Waals surface area (Å²) in [6.07, 6.45) is 1.48. The van der Waals surface area contributed by atoms with E-state index < -0.39 is 0 Å². The summed E-state index contributed by atoms with van der Waals surface area (Å²) in [5.41, 5.74) is 2.58. The van der Waals surface area contributed by atoms with Crippen LogP contribution in [0.4, 0.5) is 5.69 Å². The molecule has 0 spiro atoms. The first kappa shape index (κ1) is 15.4. The maximum atomic E-state index is 11.9. The summed E-state index contributed by atoms with van der Waals surface area (Å²) in [5.74, 6) is 0.757. The van der Waals surface area contributed by atoms with Crippen molar-refractivity contribution in [3.63, 3.8) is 0 Å². The van der Waals surface area contributed by atoms with Crippen molar-refractivity contribution in [2.75, 3.05) is 18.1 Å². The topological polar surface area (TPSA) is 53.3 Å². The van der Waals surface area contributed by atoms with Gasteiger partial charge >= 0.3 is 0 Å². The van der Waals surface area contributed by atoms with E-state index in [1.54, 1.807) is 17.0 Å². The summed E-state index contributed by atoms with van der Waals surface area (Å²) in [5, 5.41) is 9.22. The minimum atomic E-state index is -0.000491. The lowest BCUT2D eigenvalue weighted by atomic mass is 10.0. The van der Waals surface area contributed by atoms with E-state index in [1.807, 2.05) is 36.4 Å². The first-order valence-corrected chi connectivity index (χ1v) is 7.77. The Kier molecular flexibility index (Phi) is 4.50. The van der Waals surface area contributed by atoms with E-state index in [-0.39, 0.29) is 12.5 Å². The minimum Gasteiger partial charge on any atom is -0.479 e. The van der Waals surface area contributed by atoms with Gasteiger partial charge in [-0.1, -0.05) is 23.7 Å². The highest BCUT2D eigenvalue weighted by atomic mass is 35.5. The van der Waals surface area contributed by atoms with Crippen LogP contribution in [-0.4, -0.2) is 19.1 Å². The Labute approximate surface area is 139 Å². The van der Waals surface area contributed by atoms with Gasteiger partial charge in [-0.15, -0.1) is 0 Å². The standard InChI is InChI=1S/C18H15ClN2O2/c19-17-7-6-14(21-9-2-5-18(21)22)12-16(17)13-3-1-4-15(11-13)23-10-8-20/h1,3-4,6-7,11-12H,2,5,9-10H2. The lowest BCUT2D eigenvalue weighted by molar-refractivity contribution is -0.117. The van der Waals surface area contributed by atoms with Gasteiger partial charge in [0.05, 0.1) is 0 Å². The zero-order valence-electron chi connectivity index (χ0n) is 12.5. The summed E-state index contributed by atoms with van der Waals surface area (Å²) in [7, 11) is 0. The molecule has 1 aliphatic rings. The van der Waals surface area contributed by atoms with Crippen LogP contribution in [0.25, 0.3) is 11.1 Å². The van der Waals surface area contributed by atoms with Gasteiger partial charge in [-0.25, -0.2) is 0 Å². The van der Waals surface area contributed by atoms with Gasteiger partial charge in [0, 0.05) is 29.2 Å². The largest absolute Gasteiger partial charge is 0.479 e. The van der Waals surface area contributed by atoms with E-state index >= 15 is 0 Å². The van der Waals surface area contributed by atoms with Crippen LogP contribution in [0.3, 0.4) is 0 Å². The number of anilines is 1. The molecule has 1 fully saturated rings. The van der Waals surface area contributed by atoms with Crippen molar-refractivity contribution in [1.82, 2.24) is 0 Å². The van der Waals surface area contributed by atoms with E-state index in [2.05, 4.69) is 0 Å². The van der Waals surface area contributed by atoms with Gasteiger partial charge in [0.1, 0.15) is 11.8 Å². The molecule has 23 heavy (non-hydrogen) atoms. The van der Waals surface area contributed by atoms with Crippen LogP contribution in [-0.2, 0) is 4.79 Å². The number of hydrogen-bond donors (Lipinski definition) is 0. The number of carbonyl (C=O) groups is 1. The molecule has 0 saturated carbocycles. The lowest BCUT2D eigenvalue weighted by Gasteiger charge is -2.17. The van der Waals surface area contributed by atoms with Gasteiger partial charge in [-0.3, -0.25) is 4.79 Å². The van der Waals surface area contributed by atoms with Crippen LogP contribution in [0, 0.1) is 11.3 Å². The van der Waals surface area contributed by atoms with E-state index in [0.29, 0.717) is 17.2 Å². The highest BCUT2D eigenvalue weighted by molar-refractivity contribution is 6.33. The third-order valence-corrected chi connectivity index (χ3v) is 4.11. The van der Waals surface area contributed by atoms with Gasteiger partial charge in [0.15, 0.2) is 6.61 Å². The maximum absolute atomic E-state index is 11.9. The van der Waals surface area contributed by atoms with Crippen molar-refractivity contribution < 1.29 is 9.53 Å². The SMILES string of the molecule is N#CCOc1cccc(-c2cc(N3CCCC3=O)ccc2Cl)c1. The quantitative estimate of drug-likeness (QED) is 0.852. The lowest BCUT2D eigenvalue weighted by Crippen LogP contribution is -2.23. The first-order chi connectivity index (χ1) is 11.2. The number of carbonyl (C=O) groups excluding carboxylic acids is 1. The number of amides is 1. The summed E-state index contributed by atoms with van der Waals surface area (Å²) in [6.45, 7) is 0.741. The van der Waals surface area contributed by atoms with Crippen molar-refractivity contribution in [2.45, 2.75) is 12.8 Å². The molecule has 4 nitrogen and oxygen atoms in total. The predicted molar refractivity (Wildman–Crippen MR) is 89.6 cm³/mol. The molecule has 3 rings (SSSR count). The average molecular weight is 327 g/mol. The molecular formula is C18H15ClN2O2. The molecule has 0 aliphatic carbocycles. The van der Waals surface area contributed by atoms with Crippen LogP contribution in [0.15, 0.2) is 42.5 Å². The molecule has 0 bridgehead atoms. The van der Waals surface area contributed by atoms with Gasteiger partial charge in [-0.05, 0) is 42.3 Å². The van der Waals surface area contributed by atoms with Gasteiger partial charge < -0.3 is 9.64 Å². The summed E-state index contributed by atoms with van der Waals surface area (Å²) < 4.78 is 5.34. The number of rotatable bonds is 4. The average Bonchev–Trinajstić information content (AvgIpc) is 3.00. The fourth-order valence-electron chi connectivity index (χ4n) is 2.69. The Bertz CT molecular complexity index is 783. The van der Waals surface area contributed by atoms with Crippen molar-refractivity contribution in [2.24, 2.45) is 0 Å². The third-order valence-electron chi connectivity index (χ3n) is 3.78. The highest BCUT2D eigenvalue weighted by Gasteiger charge is 2.22. The normalized spacial score (nSPS) is 13.9. The number of halogens is 1. The first-order valence-electron chi connectivity index (χ1n) is 7.39. The minimum absolute atomic E-state index is 0.000491. The second-order valence-corrected chi connectivity index (χ2v) is 5.69. The van der Waals surface area contributed by atoms with Crippen LogP contribution < -0.4 is 9.64 Å². The molecule has 0 aromatic heterocycles. The van der Waals surface area contributed by atoms with Crippen molar-refractivity contribution in [3.05, 3.63) is 47.5 Å². The Morgan fingerprint density at radius 2 is 2.13 bits per heavy atom. The second kappa shape index (κ2) is 6.72. The van der Waals surface area contributed by atoms with Crippen molar-refractivity contribution in [1.29, 1.82) is 5.26 Å². The predicted octanol–water partition coefficient (Wildman–Crippen LogP) is 4.04. The molecule has 0 unspecified atom stereocenters. The zero-order chi connectivity index (χ0) is 16.2. The van der Waals surface area contributed by atoms with E-state index in [1.165, 1.54) is 0 Å². The molecule has 2 aromatic rings. The molecule has 0 atom stereocenters. The number of hydrogen-bond acceptors (Lipinski definition) is 3. The number of nitrogens with zero attached hydrogens (tertiary/aromatic N) is 2. The van der Waals surface area contributed by atoms with Gasteiger partial charge in [0.25, 0.3) is 0 Å². The van der Waals surface area contributed by atoms with Gasteiger partial charge in [0.2, 0.25) is 5.91 Å². The fourth-order valence-corrected chi connectivity index (χ4v) is 2.92. The molecule has 1 heterocycles. The van der Waals surface area contributed by atoms with Crippen LogP contribution >= 0.6 is 11.6 Å². The number of ether oxygens (including phenoxy) is 1. The molecular weight excluding hydrogens is 312 g/mol. The fraction of sp³-hybridized carbons (Fsp3) is 0.222. The van der Waals surface area contributed by atoms with Gasteiger partial charge in [-0.2, -0.15) is 5.26 Å². The van der Waals surface area contributed by atoms with Crippen molar-refractivity contribution in [3.8, 4) is 22.9 Å². The molecule has 2 aromatic carbocycles. The molecule has 0 N–H and O–H groups in total.